The van der Waals surface area contributed by atoms with E-state index in [2.05, 4.69) is 0 Å². The van der Waals surface area contributed by atoms with Crippen LogP contribution in [0.25, 0.3) is 0 Å². The van der Waals surface area contributed by atoms with Crippen molar-refractivity contribution in [3.8, 4) is 0 Å². The highest BCUT2D eigenvalue weighted by atomic mass is 33.1. The topological polar surface area (TPSA) is 127 Å². The van der Waals surface area contributed by atoms with Crippen LogP contribution in [0.1, 0.15) is 27.7 Å². The van der Waals surface area contributed by atoms with Crippen LogP contribution < -0.4 is 11.5 Å². The second-order valence-corrected chi connectivity index (χ2v) is 8.44. The van der Waals surface area contributed by atoms with Crippen LogP contribution in [0.3, 0.4) is 0 Å². The maximum absolute atomic E-state index is 10.8. The van der Waals surface area contributed by atoms with Gasteiger partial charge in [-0.2, -0.15) is 0 Å². The molecule has 0 aliphatic carbocycles. The van der Waals surface area contributed by atoms with Crippen LogP contribution in [0, 0.1) is 0 Å². The summed E-state index contributed by atoms with van der Waals surface area (Å²) in [6.45, 7) is 6.80. The average molecular weight is 296 g/mol. The third-order valence-corrected chi connectivity index (χ3v) is 6.78. The van der Waals surface area contributed by atoms with Crippen molar-refractivity contribution in [3.63, 3.8) is 0 Å². The third kappa shape index (κ3) is 4.68. The first-order valence-corrected chi connectivity index (χ1v) is 7.40. The van der Waals surface area contributed by atoms with Crippen LogP contribution >= 0.6 is 21.6 Å². The predicted octanol–water partition coefficient (Wildman–Crippen LogP) is 0.749. The van der Waals surface area contributed by atoms with Crippen LogP contribution in [0.5, 0.6) is 0 Å². The normalized spacial score (nSPS) is 16.1. The summed E-state index contributed by atoms with van der Waals surface area (Å²) in [5.41, 5.74) is 11.2. The molecule has 6 N–H and O–H groups in total. The molecule has 0 rings (SSSR count). The lowest BCUT2D eigenvalue weighted by Gasteiger charge is -2.33. The molecule has 0 saturated heterocycles. The molecule has 0 unspecified atom stereocenters. The van der Waals surface area contributed by atoms with Gasteiger partial charge in [0.15, 0.2) is 0 Å². The molecular weight excluding hydrogens is 276 g/mol. The summed E-state index contributed by atoms with van der Waals surface area (Å²) >= 11 is 0. The largest absolute Gasteiger partial charge is 0.480 e. The lowest BCUT2D eigenvalue weighted by atomic mass is 10.1. The van der Waals surface area contributed by atoms with Gasteiger partial charge < -0.3 is 21.7 Å². The van der Waals surface area contributed by atoms with Crippen molar-refractivity contribution in [3.05, 3.63) is 0 Å². The first-order chi connectivity index (χ1) is 7.92. The summed E-state index contributed by atoms with van der Waals surface area (Å²) < 4.78 is -1.46. The highest BCUT2D eigenvalue weighted by Gasteiger charge is 2.39. The van der Waals surface area contributed by atoms with E-state index in [4.69, 9.17) is 21.7 Å². The maximum Gasteiger partial charge on any atom is 0.321 e. The van der Waals surface area contributed by atoms with Gasteiger partial charge in [0, 0.05) is 9.49 Å². The van der Waals surface area contributed by atoms with Crippen molar-refractivity contribution in [1.29, 1.82) is 0 Å². The highest BCUT2D eigenvalue weighted by Crippen LogP contribution is 2.45. The number of carboxylic acid groups (broad SMARTS) is 2. The molecule has 0 fully saturated rings. The Morgan fingerprint density at radius 1 is 0.889 bits per heavy atom. The number of rotatable bonds is 7. The number of nitrogens with two attached hydrogens (primary N) is 2. The van der Waals surface area contributed by atoms with Crippen molar-refractivity contribution in [2.45, 2.75) is 49.3 Å². The fourth-order valence-corrected chi connectivity index (χ4v) is 3.66. The lowest BCUT2D eigenvalue weighted by molar-refractivity contribution is -0.140. The summed E-state index contributed by atoms with van der Waals surface area (Å²) in [6, 6.07) is -2.07. The van der Waals surface area contributed by atoms with Crippen LogP contribution in [-0.4, -0.2) is 43.7 Å². The summed E-state index contributed by atoms with van der Waals surface area (Å²) in [5, 5.41) is 17.8. The van der Waals surface area contributed by atoms with Gasteiger partial charge in [-0.3, -0.25) is 9.59 Å². The van der Waals surface area contributed by atoms with E-state index in [-0.39, 0.29) is 0 Å². The molecule has 6 nitrogen and oxygen atoms in total. The Morgan fingerprint density at radius 2 is 1.11 bits per heavy atom. The van der Waals surface area contributed by atoms with E-state index in [1.54, 1.807) is 27.7 Å². The van der Waals surface area contributed by atoms with Crippen LogP contribution in [0.2, 0.25) is 0 Å². The summed E-state index contributed by atoms with van der Waals surface area (Å²) in [7, 11) is 2.47. The average Bonchev–Trinajstić information content (AvgIpc) is 2.24. The second-order valence-electron chi connectivity index (χ2n) is 5.01. The molecular formula is C10H20N2O4S2. The molecule has 0 heterocycles. The number of aliphatic carboxylic acids is 2. The van der Waals surface area contributed by atoms with Gasteiger partial charge in [0.25, 0.3) is 0 Å². The second kappa shape index (κ2) is 6.14. The molecule has 8 heteroatoms. The summed E-state index contributed by atoms with van der Waals surface area (Å²) in [4.78, 5) is 21.7. The first-order valence-electron chi connectivity index (χ1n) is 5.25. The number of carboxylic acids is 2. The van der Waals surface area contributed by atoms with Gasteiger partial charge >= 0.3 is 11.9 Å². The maximum atomic E-state index is 10.8. The standard InChI is InChI=1S/C10H20N2O4S2/c1-9(2,5(11)7(13)14)17-18-10(3,4)6(12)8(15)16/h5-6H,11-12H2,1-4H3,(H,13,14)(H,15,16)/t5-,6-/m1/s1. The zero-order valence-corrected chi connectivity index (χ0v) is 12.5. The molecule has 0 bridgehead atoms. The van der Waals surface area contributed by atoms with E-state index >= 15 is 0 Å². The van der Waals surface area contributed by atoms with E-state index in [1.807, 2.05) is 0 Å². The first kappa shape index (κ1) is 17.6. The highest BCUT2D eigenvalue weighted by molar-refractivity contribution is 8.77. The monoisotopic (exact) mass is 296 g/mol. The molecule has 0 aliphatic rings. The Morgan fingerprint density at radius 3 is 1.28 bits per heavy atom. The van der Waals surface area contributed by atoms with Gasteiger partial charge in [-0.05, 0) is 27.7 Å². The zero-order chi connectivity index (χ0) is 14.7. The molecule has 18 heavy (non-hydrogen) atoms. The van der Waals surface area contributed by atoms with Gasteiger partial charge in [-0.25, -0.2) is 0 Å². The number of hydrogen-bond acceptors (Lipinski definition) is 6. The molecule has 0 aliphatic heterocycles. The van der Waals surface area contributed by atoms with Crippen LogP contribution in [0.4, 0.5) is 0 Å². The molecule has 0 saturated carbocycles. The molecule has 0 amide bonds. The predicted molar refractivity (Wildman–Crippen MR) is 74.6 cm³/mol. The van der Waals surface area contributed by atoms with Crippen molar-refractivity contribution in [2.24, 2.45) is 11.5 Å². The summed E-state index contributed by atoms with van der Waals surface area (Å²) in [6.07, 6.45) is 0. The molecule has 0 spiro atoms. The Balaban J connectivity index is 4.65. The Hall–Kier alpha value is -0.440. The van der Waals surface area contributed by atoms with Gasteiger partial charge in [0.05, 0.1) is 0 Å². The van der Waals surface area contributed by atoms with Gasteiger partial charge in [0.1, 0.15) is 12.1 Å². The Kier molecular flexibility index (Phi) is 5.99. The smallest absolute Gasteiger partial charge is 0.321 e. The van der Waals surface area contributed by atoms with Gasteiger partial charge in [0.2, 0.25) is 0 Å². The SMILES string of the molecule is CC(C)(SSC(C)(C)[C@H](N)C(=O)O)[C@H](N)C(=O)O. The molecule has 2 atom stereocenters. The fourth-order valence-electron chi connectivity index (χ4n) is 0.913. The van der Waals surface area contributed by atoms with Crippen molar-refractivity contribution >= 4 is 33.5 Å². The minimum atomic E-state index is -1.09. The quantitative estimate of drug-likeness (QED) is 0.507. The van der Waals surface area contributed by atoms with Crippen LogP contribution in [-0.2, 0) is 9.59 Å². The third-order valence-electron chi connectivity index (χ3n) is 2.50. The van der Waals surface area contributed by atoms with E-state index in [0.29, 0.717) is 0 Å². The number of hydrogen-bond donors (Lipinski definition) is 4. The lowest BCUT2D eigenvalue weighted by Crippen LogP contribution is -2.49. The van der Waals surface area contributed by atoms with E-state index in [1.165, 1.54) is 21.6 Å². The molecule has 106 valence electrons. The molecule has 0 aromatic heterocycles. The van der Waals surface area contributed by atoms with E-state index in [0.717, 1.165) is 0 Å². The molecule has 0 radical (unpaired) electrons. The van der Waals surface area contributed by atoms with Crippen molar-refractivity contribution < 1.29 is 19.8 Å². The van der Waals surface area contributed by atoms with Gasteiger partial charge in [-0.15, -0.1) is 0 Å². The Bertz CT molecular complexity index is 302. The Labute approximate surface area is 114 Å². The minimum Gasteiger partial charge on any atom is -0.480 e. The summed E-state index contributed by atoms with van der Waals surface area (Å²) in [5.74, 6) is -2.18. The van der Waals surface area contributed by atoms with E-state index < -0.39 is 33.5 Å². The molecule has 0 aromatic carbocycles. The van der Waals surface area contributed by atoms with Gasteiger partial charge in [-0.1, -0.05) is 21.6 Å². The fraction of sp³-hybridized carbons (Fsp3) is 0.800. The van der Waals surface area contributed by atoms with E-state index in [9.17, 15) is 9.59 Å². The zero-order valence-electron chi connectivity index (χ0n) is 10.8. The van der Waals surface area contributed by atoms with Crippen molar-refractivity contribution in [2.75, 3.05) is 0 Å². The number of carbonyl (C=O) groups is 2. The van der Waals surface area contributed by atoms with Crippen LogP contribution in [0.15, 0.2) is 0 Å². The molecule has 0 aromatic rings. The minimum absolute atomic E-state index is 0.730. The van der Waals surface area contributed by atoms with Crippen molar-refractivity contribution in [1.82, 2.24) is 0 Å².